The first kappa shape index (κ1) is 21.6. The number of benzene rings is 2. The van der Waals surface area contributed by atoms with Gasteiger partial charge in [-0.15, -0.1) is 0 Å². The van der Waals surface area contributed by atoms with E-state index < -0.39 is 11.7 Å². The zero-order valence-electron chi connectivity index (χ0n) is 16.8. The van der Waals surface area contributed by atoms with Crippen molar-refractivity contribution in [1.29, 1.82) is 5.26 Å². The zero-order valence-corrected chi connectivity index (χ0v) is 17.5. The molecule has 1 fully saturated rings. The number of hydrogen-bond donors (Lipinski definition) is 1. The molecule has 2 aromatic carbocycles. The summed E-state index contributed by atoms with van der Waals surface area (Å²) in [6.07, 6.45) is 0. The number of anilines is 2. The quantitative estimate of drug-likeness (QED) is 0.801. The maximum atomic E-state index is 14.0. The summed E-state index contributed by atoms with van der Waals surface area (Å²) in [7, 11) is 0. The van der Waals surface area contributed by atoms with Gasteiger partial charge in [-0.25, -0.2) is 4.39 Å². The van der Waals surface area contributed by atoms with Gasteiger partial charge in [0.1, 0.15) is 5.82 Å². The Labute approximate surface area is 179 Å². The predicted octanol–water partition coefficient (Wildman–Crippen LogP) is 3.91. The molecule has 2 amide bonds. The van der Waals surface area contributed by atoms with Gasteiger partial charge in [0.25, 0.3) is 5.91 Å². The fraction of sp³-hybridized carbons (Fsp3) is 0.318. The number of piperazine rings is 1. The lowest BCUT2D eigenvalue weighted by molar-refractivity contribution is -0.134. The van der Waals surface area contributed by atoms with Crippen LogP contribution in [0.3, 0.4) is 0 Å². The minimum atomic E-state index is -0.761. The van der Waals surface area contributed by atoms with Crippen LogP contribution in [0.1, 0.15) is 29.8 Å². The lowest BCUT2D eigenvalue weighted by Gasteiger charge is -2.37. The third-order valence-electron chi connectivity index (χ3n) is 4.97. The number of nitrogens with one attached hydrogen (secondary N) is 1. The van der Waals surface area contributed by atoms with Crippen LogP contribution in [0, 0.1) is 23.1 Å². The number of carbonyl (C=O) groups is 2. The van der Waals surface area contributed by atoms with E-state index in [2.05, 4.69) is 10.2 Å². The Bertz CT molecular complexity index is 1010. The SMILES string of the molecule is CC(C)C(=O)N1CCN(c2ccc(NC(=O)c3ccc(C#N)cc3F)cc2Cl)CC1. The number of amides is 2. The molecule has 1 aliphatic heterocycles. The lowest BCUT2D eigenvalue weighted by Crippen LogP contribution is -2.50. The minimum Gasteiger partial charge on any atom is -0.367 e. The lowest BCUT2D eigenvalue weighted by atomic mass is 10.1. The van der Waals surface area contributed by atoms with E-state index in [4.69, 9.17) is 16.9 Å². The van der Waals surface area contributed by atoms with E-state index in [1.54, 1.807) is 18.2 Å². The van der Waals surface area contributed by atoms with Crippen molar-refractivity contribution in [2.24, 2.45) is 5.92 Å². The smallest absolute Gasteiger partial charge is 0.258 e. The molecule has 0 aromatic heterocycles. The first-order valence-corrected chi connectivity index (χ1v) is 10.0. The summed E-state index contributed by atoms with van der Waals surface area (Å²) in [5.74, 6) is -1.26. The summed E-state index contributed by atoms with van der Waals surface area (Å²) in [5.41, 5.74) is 1.24. The summed E-state index contributed by atoms with van der Waals surface area (Å²) in [5, 5.41) is 11.9. The minimum absolute atomic E-state index is 0.0241. The molecular weight excluding hydrogens is 407 g/mol. The highest BCUT2D eigenvalue weighted by Crippen LogP contribution is 2.30. The van der Waals surface area contributed by atoms with Gasteiger partial charge in [-0.1, -0.05) is 25.4 Å². The summed E-state index contributed by atoms with van der Waals surface area (Å²) in [4.78, 5) is 28.4. The van der Waals surface area contributed by atoms with Gasteiger partial charge in [0, 0.05) is 37.8 Å². The molecule has 1 N–H and O–H groups in total. The molecule has 8 heteroatoms. The first-order chi connectivity index (χ1) is 14.3. The van der Waals surface area contributed by atoms with Crippen LogP contribution in [0.5, 0.6) is 0 Å². The van der Waals surface area contributed by atoms with Crippen LogP contribution in [0.2, 0.25) is 5.02 Å². The van der Waals surface area contributed by atoms with Gasteiger partial charge in [-0.2, -0.15) is 5.26 Å². The van der Waals surface area contributed by atoms with E-state index in [1.165, 1.54) is 12.1 Å². The van der Waals surface area contributed by atoms with E-state index in [9.17, 15) is 14.0 Å². The Morgan fingerprint density at radius 3 is 2.40 bits per heavy atom. The Morgan fingerprint density at radius 1 is 1.13 bits per heavy atom. The van der Waals surface area contributed by atoms with Gasteiger partial charge in [0.15, 0.2) is 0 Å². The number of nitrogens with zero attached hydrogens (tertiary/aromatic N) is 3. The van der Waals surface area contributed by atoms with Crippen LogP contribution in [0.25, 0.3) is 0 Å². The molecule has 1 aliphatic rings. The molecule has 0 saturated carbocycles. The van der Waals surface area contributed by atoms with E-state index in [1.807, 2.05) is 24.8 Å². The van der Waals surface area contributed by atoms with Crippen LogP contribution in [-0.2, 0) is 4.79 Å². The van der Waals surface area contributed by atoms with Crippen molar-refractivity contribution < 1.29 is 14.0 Å². The van der Waals surface area contributed by atoms with Gasteiger partial charge in [0.05, 0.1) is 27.9 Å². The van der Waals surface area contributed by atoms with Crippen LogP contribution in [0.15, 0.2) is 36.4 Å². The highest BCUT2D eigenvalue weighted by atomic mass is 35.5. The Hall–Kier alpha value is -3.11. The monoisotopic (exact) mass is 428 g/mol. The molecular formula is C22H22ClFN4O2. The molecule has 6 nitrogen and oxygen atoms in total. The second kappa shape index (κ2) is 9.14. The van der Waals surface area contributed by atoms with Crippen molar-refractivity contribution in [3.05, 3.63) is 58.4 Å². The molecule has 1 heterocycles. The van der Waals surface area contributed by atoms with Gasteiger partial charge < -0.3 is 15.1 Å². The highest BCUT2D eigenvalue weighted by Gasteiger charge is 2.24. The topological polar surface area (TPSA) is 76.4 Å². The molecule has 30 heavy (non-hydrogen) atoms. The fourth-order valence-electron chi connectivity index (χ4n) is 3.34. The Kier molecular flexibility index (Phi) is 6.58. The van der Waals surface area contributed by atoms with Crippen LogP contribution >= 0.6 is 11.6 Å². The molecule has 0 aliphatic carbocycles. The predicted molar refractivity (Wildman–Crippen MR) is 114 cm³/mol. The summed E-state index contributed by atoms with van der Waals surface area (Å²) in [6, 6.07) is 10.6. The average molecular weight is 429 g/mol. The van der Waals surface area contributed by atoms with E-state index in [-0.39, 0.29) is 23.0 Å². The maximum absolute atomic E-state index is 14.0. The summed E-state index contributed by atoms with van der Waals surface area (Å²) < 4.78 is 14.0. The van der Waals surface area contributed by atoms with Crippen LogP contribution in [0.4, 0.5) is 15.8 Å². The van der Waals surface area contributed by atoms with Gasteiger partial charge in [-0.05, 0) is 36.4 Å². The van der Waals surface area contributed by atoms with Crippen molar-refractivity contribution in [3.63, 3.8) is 0 Å². The standard InChI is InChI=1S/C22H22ClFN4O2/c1-14(2)22(30)28-9-7-27(8-10-28)20-6-4-16(12-18(20)23)26-21(29)17-5-3-15(13-25)11-19(17)24/h3-6,11-12,14H,7-10H2,1-2H3,(H,26,29). The van der Waals surface area contributed by atoms with Gasteiger partial charge in [-0.3, -0.25) is 9.59 Å². The van der Waals surface area contributed by atoms with Gasteiger partial charge >= 0.3 is 0 Å². The summed E-state index contributed by atoms with van der Waals surface area (Å²) in [6.45, 7) is 6.37. The van der Waals surface area contributed by atoms with Crippen LogP contribution in [-0.4, -0.2) is 42.9 Å². The molecule has 0 unspecified atom stereocenters. The summed E-state index contributed by atoms with van der Waals surface area (Å²) >= 11 is 6.43. The van der Waals surface area contributed by atoms with E-state index >= 15 is 0 Å². The zero-order chi connectivity index (χ0) is 21.8. The first-order valence-electron chi connectivity index (χ1n) is 9.64. The van der Waals surface area contributed by atoms with Crippen molar-refractivity contribution in [2.45, 2.75) is 13.8 Å². The molecule has 156 valence electrons. The Morgan fingerprint density at radius 2 is 1.83 bits per heavy atom. The molecule has 0 radical (unpaired) electrons. The molecule has 0 atom stereocenters. The van der Waals surface area contributed by atoms with Crippen molar-refractivity contribution >= 4 is 34.8 Å². The molecule has 0 bridgehead atoms. The van der Waals surface area contributed by atoms with Crippen molar-refractivity contribution in [1.82, 2.24) is 4.90 Å². The Balaban J connectivity index is 1.67. The number of halogens is 2. The third kappa shape index (κ3) is 4.71. The second-order valence-corrected chi connectivity index (χ2v) is 7.80. The number of hydrogen-bond acceptors (Lipinski definition) is 4. The van der Waals surface area contributed by atoms with Crippen LogP contribution < -0.4 is 10.2 Å². The molecule has 0 spiro atoms. The largest absolute Gasteiger partial charge is 0.367 e. The van der Waals surface area contributed by atoms with E-state index in [0.717, 1.165) is 11.8 Å². The molecule has 1 saturated heterocycles. The fourth-order valence-corrected chi connectivity index (χ4v) is 3.64. The van der Waals surface area contributed by atoms with Gasteiger partial charge in [0.2, 0.25) is 5.91 Å². The number of nitriles is 1. The normalized spacial score (nSPS) is 13.9. The highest BCUT2D eigenvalue weighted by molar-refractivity contribution is 6.33. The van der Waals surface area contributed by atoms with E-state index in [0.29, 0.717) is 36.9 Å². The van der Waals surface area contributed by atoms with Crippen molar-refractivity contribution in [2.75, 3.05) is 36.4 Å². The third-order valence-corrected chi connectivity index (χ3v) is 5.28. The van der Waals surface area contributed by atoms with Crippen molar-refractivity contribution in [3.8, 4) is 6.07 Å². The average Bonchev–Trinajstić information content (AvgIpc) is 2.73. The number of carbonyl (C=O) groups excluding carboxylic acids is 2. The number of rotatable bonds is 4. The second-order valence-electron chi connectivity index (χ2n) is 7.39. The maximum Gasteiger partial charge on any atom is 0.258 e. The molecule has 2 aromatic rings. The molecule has 3 rings (SSSR count).